The van der Waals surface area contributed by atoms with E-state index >= 15 is 0 Å². The zero-order chi connectivity index (χ0) is 26.6. The van der Waals surface area contributed by atoms with Gasteiger partial charge in [-0.15, -0.1) is 0 Å². The highest BCUT2D eigenvalue weighted by Crippen LogP contribution is 2.41. The van der Waals surface area contributed by atoms with Gasteiger partial charge in [0.05, 0.1) is 24.8 Å². The van der Waals surface area contributed by atoms with Crippen LogP contribution in [0.2, 0.25) is 0 Å². The topological polar surface area (TPSA) is 88.5 Å². The smallest absolute Gasteiger partial charge is 0.295 e. The quantitative estimate of drug-likeness (QED) is 0.234. The zero-order valence-corrected chi connectivity index (χ0v) is 21.7. The normalized spacial score (nSPS) is 22.8. The van der Waals surface area contributed by atoms with Crippen molar-refractivity contribution in [3.8, 4) is 11.5 Å². The van der Waals surface area contributed by atoms with Gasteiger partial charge in [-0.25, -0.2) is 0 Å². The standard InChI is InChI=1S/C30H34N2O6/c1-3-14-37-24-7-4-6-21(19-24)27-26(28(33)22-8-9-25-23(18-22)17-20(2)38-25)29(34)30(35)32(27)11-5-10-31-12-15-36-16-13-31/h3-4,6-9,18-20,27,33H,1,5,10-17H2,2H3/b28-26+/t20-,27+/m1/s1. The number of ether oxygens (including phenoxy) is 3. The molecule has 2 fully saturated rings. The van der Waals surface area contributed by atoms with Gasteiger partial charge in [-0.05, 0) is 54.8 Å². The number of likely N-dealkylation sites (tertiary alicyclic amines) is 1. The van der Waals surface area contributed by atoms with Crippen LogP contribution in [0.15, 0.2) is 60.7 Å². The van der Waals surface area contributed by atoms with E-state index in [1.165, 1.54) is 0 Å². The van der Waals surface area contributed by atoms with Gasteiger partial charge in [-0.2, -0.15) is 0 Å². The first-order valence-electron chi connectivity index (χ1n) is 13.2. The number of fused-ring (bicyclic) bond motifs is 1. The van der Waals surface area contributed by atoms with Crippen molar-refractivity contribution >= 4 is 17.4 Å². The summed E-state index contributed by atoms with van der Waals surface area (Å²) >= 11 is 0. The number of rotatable bonds is 9. The number of Topliss-reactive ketones (excluding diaryl/α,β-unsaturated/α-hetero) is 1. The van der Waals surface area contributed by atoms with E-state index in [4.69, 9.17) is 14.2 Å². The molecule has 2 aromatic rings. The van der Waals surface area contributed by atoms with Gasteiger partial charge in [0.1, 0.15) is 30.0 Å². The molecule has 1 amide bonds. The molecular formula is C30H34N2O6. The molecule has 0 bridgehead atoms. The molecule has 1 N–H and O–H groups in total. The number of hydrogen-bond donors (Lipinski definition) is 1. The Morgan fingerprint density at radius 1 is 1.16 bits per heavy atom. The van der Waals surface area contributed by atoms with Crippen LogP contribution in [-0.4, -0.2) is 78.7 Å². The third-order valence-electron chi connectivity index (χ3n) is 7.23. The number of aliphatic hydroxyl groups is 1. The molecule has 3 heterocycles. The van der Waals surface area contributed by atoms with Gasteiger partial charge in [0.15, 0.2) is 0 Å². The number of carbonyl (C=O) groups is 2. The van der Waals surface area contributed by atoms with Crippen LogP contribution in [0.25, 0.3) is 5.76 Å². The van der Waals surface area contributed by atoms with Crippen LogP contribution < -0.4 is 9.47 Å². The van der Waals surface area contributed by atoms with E-state index in [1.54, 1.807) is 17.0 Å². The maximum absolute atomic E-state index is 13.4. The molecule has 8 heteroatoms. The average molecular weight is 519 g/mol. The minimum Gasteiger partial charge on any atom is -0.507 e. The van der Waals surface area contributed by atoms with E-state index in [1.807, 2.05) is 43.3 Å². The summed E-state index contributed by atoms with van der Waals surface area (Å²) in [5.74, 6) is -0.0783. The van der Waals surface area contributed by atoms with Crippen LogP contribution in [0, 0.1) is 0 Å². The van der Waals surface area contributed by atoms with E-state index < -0.39 is 17.7 Å². The van der Waals surface area contributed by atoms with Gasteiger partial charge in [0.2, 0.25) is 0 Å². The van der Waals surface area contributed by atoms with Crippen molar-refractivity contribution in [2.45, 2.75) is 31.9 Å². The van der Waals surface area contributed by atoms with E-state index in [0.29, 0.717) is 49.7 Å². The van der Waals surface area contributed by atoms with Crippen molar-refractivity contribution in [2.75, 3.05) is 46.0 Å². The maximum atomic E-state index is 13.4. The van der Waals surface area contributed by atoms with Gasteiger partial charge < -0.3 is 24.2 Å². The number of benzene rings is 2. The Hall–Kier alpha value is -3.62. The lowest BCUT2D eigenvalue weighted by Gasteiger charge is -2.29. The van der Waals surface area contributed by atoms with E-state index in [9.17, 15) is 14.7 Å². The molecule has 5 rings (SSSR count). The molecule has 2 saturated heterocycles. The number of nitrogens with zero attached hydrogens (tertiary/aromatic N) is 2. The summed E-state index contributed by atoms with van der Waals surface area (Å²) in [6, 6.07) is 12.0. The molecule has 0 spiro atoms. The Kier molecular flexibility index (Phi) is 7.81. The first-order chi connectivity index (χ1) is 18.5. The molecular weight excluding hydrogens is 484 g/mol. The predicted molar refractivity (Wildman–Crippen MR) is 143 cm³/mol. The molecule has 0 aromatic heterocycles. The molecule has 0 saturated carbocycles. The number of aliphatic hydroxyl groups excluding tert-OH is 1. The van der Waals surface area contributed by atoms with Gasteiger partial charge in [0.25, 0.3) is 11.7 Å². The summed E-state index contributed by atoms with van der Waals surface area (Å²) in [6.07, 6.45) is 3.13. The van der Waals surface area contributed by atoms with Crippen molar-refractivity contribution in [1.82, 2.24) is 9.80 Å². The summed E-state index contributed by atoms with van der Waals surface area (Å²) < 4.78 is 17.0. The first-order valence-corrected chi connectivity index (χ1v) is 13.2. The average Bonchev–Trinajstić information content (AvgIpc) is 3.43. The highest BCUT2D eigenvalue weighted by Gasteiger charge is 2.46. The third-order valence-corrected chi connectivity index (χ3v) is 7.23. The van der Waals surface area contributed by atoms with E-state index in [-0.39, 0.29) is 17.4 Å². The number of hydrogen-bond acceptors (Lipinski definition) is 7. The van der Waals surface area contributed by atoms with Crippen LogP contribution in [0.4, 0.5) is 0 Å². The molecule has 0 unspecified atom stereocenters. The van der Waals surface area contributed by atoms with Crippen LogP contribution in [-0.2, 0) is 20.7 Å². The van der Waals surface area contributed by atoms with Gasteiger partial charge >= 0.3 is 0 Å². The molecule has 0 aliphatic carbocycles. The molecule has 2 aromatic carbocycles. The second kappa shape index (κ2) is 11.4. The second-order valence-electron chi connectivity index (χ2n) is 9.93. The van der Waals surface area contributed by atoms with Crippen LogP contribution in [0.3, 0.4) is 0 Å². The molecule has 0 radical (unpaired) electrons. The summed E-state index contributed by atoms with van der Waals surface area (Å²) in [7, 11) is 0. The van der Waals surface area contributed by atoms with Gasteiger partial charge in [-0.3, -0.25) is 14.5 Å². The summed E-state index contributed by atoms with van der Waals surface area (Å²) in [4.78, 5) is 30.6. The first kappa shape index (κ1) is 26.0. The lowest BCUT2D eigenvalue weighted by molar-refractivity contribution is -0.140. The lowest BCUT2D eigenvalue weighted by Crippen LogP contribution is -2.38. The Morgan fingerprint density at radius 3 is 2.76 bits per heavy atom. The summed E-state index contributed by atoms with van der Waals surface area (Å²) in [5.41, 5.74) is 2.26. The van der Waals surface area contributed by atoms with E-state index in [0.717, 1.165) is 37.4 Å². The van der Waals surface area contributed by atoms with Crippen molar-refractivity contribution in [3.63, 3.8) is 0 Å². The molecule has 200 valence electrons. The highest BCUT2D eigenvalue weighted by atomic mass is 16.5. The fourth-order valence-electron chi connectivity index (χ4n) is 5.40. The maximum Gasteiger partial charge on any atom is 0.295 e. The highest BCUT2D eigenvalue weighted by molar-refractivity contribution is 6.46. The van der Waals surface area contributed by atoms with Gasteiger partial charge in [0, 0.05) is 38.2 Å². The minimum atomic E-state index is -0.726. The van der Waals surface area contributed by atoms with E-state index in [2.05, 4.69) is 11.5 Å². The molecule has 3 aliphatic rings. The van der Waals surface area contributed by atoms with Crippen LogP contribution in [0.5, 0.6) is 11.5 Å². The summed E-state index contributed by atoms with van der Waals surface area (Å²) in [5, 5.41) is 11.5. The van der Waals surface area contributed by atoms with Crippen molar-refractivity contribution in [1.29, 1.82) is 0 Å². The Bertz CT molecular complexity index is 1250. The molecule has 38 heavy (non-hydrogen) atoms. The van der Waals surface area contributed by atoms with Crippen molar-refractivity contribution < 1.29 is 28.9 Å². The number of carbonyl (C=O) groups excluding carboxylic acids is 2. The lowest BCUT2D eigenvalue weighted by atomic mass is 9.94. The second-order valence-corrected chi connectivity index (χ2v) is 9.93. The molecule has 2 atom stereocenters. The van der Waals surface area contributed by atoms with Crippen molar-refractivity contribution in [3.05, 3.63) is 77.4 Å². The largest absolute Gasteiger partial charge is 0.507 e. The number of ketones is 1. The fourth-order valence-corrected chi connectivity index (χ4v) is 5.40. The van der Waals surface area contributed by atoms with Gasteiger partial charge in [-0.1, -0.05) is 24.8 Å². The Balaban J connectivity index is 1.49. The Labute approximate surface area is 223 Å². The molecule has 3 aliphatic heterocycles. The zero-order valence-electron chi connectivity index (χ0n) is 21.7. The third kappa shape index (κ3) is 5.33. The predicted octanol–water partition coefficient (Wildman–Crippen LogP) is 3.72. The minimum absolute atomic E-state index is 0.0535. The molecule has 8 nitrogen and oxygen atoms in total. The monoisotopic (exact) mass is 518 g/mol. The fraction of sp³-hybridized carbons (Fsp3) is 0.400. The Morgan fingerprint density at radius 2 is 1.97 bits per heavy atom. The van der Waals surface area contributed by atoms with Crippen LogP contribution in [0.1, 0.15) is 36.1 Å². The summed E-state index contributed by atoms with van der Waals surface area (Å²) in [6.45, 7) is 10.3. The number of morpholine rings is 1. The number of amides is 1. The van der Waals surface area contributed by atoms with Crippen molar-refractivity contribution in [2.24, 2.45) is 0 Å². The van der Waals surface area contributed by atoms with Crippen LogP contribution >= 0.6 is 0 Å². The SMILES string of the molecule is C=CCOc1cccc([C@H]2/C(=C(\O)c3ccc4c(c3)C[C@@H](C)O4)C(=O)C(=O)N2CCCN2CCOCC2)c1.